The zero-order valence-corrected chi connectivity index (χ0v) is 30.7. The minimum absolute atomic E-state index is 0.0330. The van der Waals surface area contributed by atoms with Crippen LogP contribution in [0.4, 0.5) is 13.2 Å². The van der Waals surface area contributed by atoms with Crippen LogP contribution in [0.5, 0.6) is 5.75 Å². The summed E-state index contributed by atoms with van der Waals surface area (Å²) in [7, 11) is -2.72. The normalized spacial score (nSPS) is 17.4. The summed E-state index contributed by atoms with van der Waals surface area (Å²) in [6.45, 7) is 9.64. The Morgan fingerprint density at radius 2 is 1.67 bits per heavy atom. The maximum atomic E-state index is 14.7. The average molecular weight is 739 g/mol. The second-order valence-corrected chi connectivity index (χ2v) is 16.2. The van der Waals surface area contributed by atoms with Crippen molar-refractivity contribution >= 4 is 26.6 Å². The van der Waals surface area contributed by atoms with Crippen molar-refractivity contribution in [2.45, 2.75) is 68.6 Å². The van der Waals surface area contributed by atoms with Gasteiger partial charge in [-0.05, 0) is 76.5 Å². The number of hydrogen-bond donors (Lipinski definition) is 1. The predicted octanol–water partition coefficient (Wildman–Crippen LogP) is 6.90. The molecule has 278 valence electrons. The number of amides is 1. The summed E-state index contributed by atoms with van der Waals surface area (Å²) in [5.74, 6) is -0.459. The van der Waals surface area contributed by atoms with E-state index in [9.17, 15) is 26.4 Å². The number of sulfone groups is 1. The van der Waals surface area contributed by atoms with Crippen LogP contribution in [-0.2, 0) is 27.3 Å². The van der Waals surface area contributed by atoms with Gasteiger partial charge in [0.25, 0.3) is 5.91 Å². The van der Waals surface area contributed by atoms with Gasteiger partial charge in [0.1, 0.15) is 10.6 Å². The molecule has 1 N–H and O–H groups in total. The Kier molecular flexibility index (Phi) is 11.3. The molecule has 3 aromatic carbocycles. The highest BCUT2D eigenvalue weighted by molar-refractivity contribution is 7.92. The van der Waals surface area contributed by atoms with Gasteiger partial charge in [-0.1, -0.05) is 42.5 Å². The number of fused-ring (bicyclic) bond motifs is 1. The van der Waals surface area contributed by atoms with E-state index in [0.29, 0.717) is 37.9 Å². The average Bonchev–Trinajstić information content (AvgIpc) is 3.14. The van der Waals surface area contributed by atoms with Gasteiger partial charge < -0.3 is 14.8 Å². The Hall–Kier alpha value is -4.04. The number of nitrogens with one attached hydrogen (secondary N) is 1. The number of likely N-dealkylation sites (tertiary alicyclic amines) is 1. The SMILES string of the molecule is COc1ccc2c(C(=O)N[C@@H](C)c3ccccc3)c(CN3CCC(N4CCOCC4)CC3)c(-c3cccc(C(F)(F)F)c3)nc2c1S(=O)(=O)C(C)C. The highest BCUT2D eigenvalue weighted by Crippen LogP contribution is 2.41. The van der Waals surface area contributed by atoms with Crippen molar-refractivity contribution in [1.82, 2.24) is 20.1 Å². The van der Waals surface area contributed by atoms with Crippen molar-refractivity contribution < 1.29 is 35.9 Å². The molecule has 0 spiro atoms. The zero-order chi connectivity index (χ0) is 37.2. The van der Waals surface area contributed by atoms with Gasteiger partial charge in [-0.3, -0.25) is 14.6 Å². The molecular weight excluding hydrogens is 694 g/mol. The Labute approximate surface area is 303 Å². The van der Waals surface area contributed by atoms with Gasteiger partial charge in [-0.2, -0.15) is 13.2 Å². The summed E-state index contributed by atoms with van der Waals surface area (Å²) in [5.41, 5.74) is 0.756. The fourth-order valence-electron chi connectivity index (χ4n) is 7.19. The first-order valence-corrected chi connectivity index (χ1v) is 19.2. The van der Waals surface area contributed by atoms with Gasteiger partial charge in [-0.25, -0.2) is 13.4 Å². The molecule has 0 aliphatic carbocycles. The van der Waals surface area contributed by atoms with E-state index in [1.807, 2.05) is 37.3 Å². The Morgan fingerprint density at radius 3 is 2.31 bits per heavy atom. The van der Waals surface area contributed by atoms with Crippen molar-refractivity contribution in [2.75, 3.05) is 46.5 Å². The molecule has 2 aliphatic heterocycles. The molecule has 9 nitrogen and oxygen atoms in total. The Bertz CT molecular complexity index is 2010. The van der Waals surface area contributed by atoms with E-state index in [4.69, 9.17) is 14.5 Å². The van der Waals surface area contributed by atoms with Crippen molar-refractivity contribution in [3.05, 3.63) is 89.0 Å². The number of hydrogen-bond acceptors (Lipinski definition) is 8. The van der Waals surface area contributed by atoms with Crippen LogP contribution >= 0.6 is 0 Å². The zero-order valence-electron chi connectivity index (χ0n) is 29.9. The number of alkyl halides is 3. The summed E-state index contributed by atoms with van der Waals surface area (Å²) in [4.78, 5) is 24.0. The molecule has 52 heavy (non-hydrogen) atoms. The number of piperidine rings is 1. The number of ether oxygens (including phenoxy) is 2. The van der Waals surface area contributed by atoms with Gasteiger partial charge in [0.15, 0.2) is 9.84 Å². The molecule has 1 atom stereocenters. The van der Waals surface area contributed by atoms with Crippen LogP contribution in [0.25, 0.3) is 22.2 Å². The van der Waals surface area contributed by atoms with Crippen molar-refractivity contribution in [3.63, 3.8) is 0 Å². The third-order valence-electron chi connectivity index (χ3n) is 10.1. The second kappa shape index (κ2) is 15.5. The largest absolute Gasteiger partial charge is 0.495 e. The number of carbonyl (C=O) groups is 1. The summed E-state index contributed by atoms with van der Waals surface area (Å²) in [5, 5.41) is 2.48. The molecule has 6 rings (SSSR count). The maximum Gasteiger partial charge on any atom is 0.416 e. The molecule has 0 saturated carbocycles. The van der Waals surface area contributed by atoms with E-state index in [0.717, 1.165) is 43.6 Å². The molecule has 0 unspecified atom stereocenters. The topological polar surface area (TPSA) is 101 Å². The van der Waals surface area contributed by atoms with Crippen LogP contribution in [0, 0.1) is 0 Å². The molecule has 1 aromatic heterocycles. The smallest absolute Gasteiger partial charge is 0.416 e. The van der Waals surface area contributed by atoms with Gasteiger partial charge in [0.2, 0.25) is 0 Å². The molecule has 2 saturated heterocycles. The van der Waals surface area contributed by atoms with Crippen molar-refractivity contribution in [3.8, 4) is 17.0 Å². The highest BCUT2D eigenvalue weighted by Gasteiger charge is 2.35. The number of morpholine rings is 1. The second-order valence-electron chi connectivity index (χ2n) is 13.7. The van der Waals surface area contributed by atoms with Gasteiger partial charge in [-0.15, -0.1) is 0 Å². The predicted molar refractivity (Wildman–Crippen MR) is 194 cm³/mol. The standard InChI is InChI=1S/C39H45F3N4O5S/c1-25(2)52(48,49)37-33(50-4)14-13-31-34(38(47)43-26(3)27-9-6-5-7-10-27)32(24-45-17-15-30(16-18-45)46-19-21-51-22-20-46)35(44-36(31)37)28-11-8-12-29(23-28)39(40,41)42/h5-14,23,25-26,30H,15-22,24H2,1-4H3,(H,43,47)/t26-/m0/s1. The summed E-state index contributed by atoms with van der Waals surface area (Å²) in [6.07, 6.45) is -2.89. The molecule has 4 aromatic rings. The molecule has 2 aliphatic rings. The van der Waals surface area contributed by atoms with E-state index in [-0.39, 0.29) is 44.9 Å². The van der Waals surface area contributed by atoms with Crippen LogP contribution in [0.1, 0.15) is 66.7 Å². The van der Waals surface area contributed by atoms with Crippen LogP contribution in [0.3, 0.4) is 0 Å². The van der Waals surface area contributed by atoms with E-state index in [1.165, 1.54) is 39.2 Å². The third kappa shape index (κ3) is 7.83. The number of pyridine rings is 1. The quantitative estimate of drug-likeness (QED) is 0.188. The fraction of sp³-hybridized carbons (Fsp3) is 0.436. The lowest BCUT2D eigenvalue weighted by molar-refractivity contribution is -0.137. The molecular formula is C39H45F3N4O5S. The van der Waals surface area contributed by atoms with E-state index in [2.05, 4.69) is 15.1 Å². The number of carbonyl (C=O) groups excluding carboxylic acids is 1. The van der Waals surface area contributed by atoms with Gasteiger partial charge in [0, 0.05) is 42.2 Å². The maximum absolute atomic E-state index is 14.7. The lowest BCUT2D eigenvalue weighted by atomic mass is 9.93. The molecule has 3 heterocycles. The summed E-state index contributed by atoms with van der Waals surface area (Å²) >= 11 is 0. The lowest BCUT2D eigenvalue weighted by Crippen LogP contribution is -2.48. The Morgan fingerprint density at radius 1 is 0.981 bits per heavy atom. The number of halogens is 3. The number of methoxy groups -OCH3 is 1. The lowest BCUT2D eigenvalue weighted by Gasteiger charge is -2.40. The first-order valence-electron chi connectivity index (χ1n) is 17.6. The monoisotopic (exact) mass is 738 g/mol. The van der Waals surface area contributed by atoms with Crippen molar-refractivity contribution in [2.24, 2.45) is 0 Å². The van der Waals surface area contributed by atoms with E-state index in [1.54, 1.807) is 6.07 Å². The van der Waals surface area contributed by atoms with Crippen LogP contribution < -0.4 is 10.1 Å². The molecule has 0 bridgehead atoms. The van der Waals surface area contributed by atoms with E-state index < -0.39 is 38.8 Å². The van der Waals surface area contributed by atoms with Crippen LogP contribution in [-0.4, -0.2) is 86.9 Å². The minimum Gasteiger partial charge on any atom is -0.495 e. The number of nitrogens with zero attached hydrogens (tertiary/aromatic N) is 3. The molecule has 1 amide bonds. The van der Waals surface area contributed by atoms with Crippen LogP contribution in [0.2, 0.25) is 0 Å². The number of aromatic nitrogens is 1. The molecule has 2 fully saturated rings. The highest BCUT2D eigenvalue weighted by atomic mass is 32.2. The molecule has 0 radical (unpaired) electrons. The summed E-state index contributed by atoms with van der Waals surface area (Å²) < 4.78 is 81.4. The van der Waals surface area contributed by atoms with Crippen molar-refractivity contribution in [1.29, 1.82) is 0 Å². The minimum atomic E-state index is -4.64. The van der Waals surface area contributed by atoms with Gasteiger partial charge >= 0.3 is 6.18 Å². The molecule has 13 heteroatoms. The number of rotatable bonds is 10. The first-order chi connectivity index (χ1) is 24.8. The summed E-state index contributed by atoms with van der Waals surface area (Å²) in [6, 6.07) is 17.3. The number of benzene rings is 3. The first kappa shape index (κ1) is 37.7. The Balaban J connectivity index is 1.57. The van der Waals surface area contributed by atoms with Gasteiger partial charge in [0.05, 0.1) is 54.0 Å². The van der Waals surface area contributed by atoms with Crippen LogP contribution in [0.15, 0.2) is 71.6 Å². The van der Waals surface area contributed by atoms with E-state index >= 15 is 0 Å². The fourth-order valence-corrected chi connectivity index (χ4v) is 8.52. The third-order valence-corrected chi connectivity index (χ3v) is 12.3.